The predicted octanol–water partition coefficient (Wildman–Crippen LogP) is 3.43. The second-order valence-electron chi connectivity index (χ2n) is 5.89. The number of aryl methyl sites for hydroxylation is 1. The highest BCUT2D eigenvalue weighted by molar-refractivity contribution is 6.31. The zero-order valence-corrected chi connectivity index (χ0v) is 14.2. The fourth-order valence-corrected chi connectivity index (χ4v) is 2.85. The SMILES string of the molecule is Cc1ccc2nc(CN(C)Cc3c(F)cccc3Cl)cc(=O)n2c1. The van der Waals surface area contributed by atoms with Crippen LogP contribution in [-0.2, 0) is 13.1 Å². The van der Waals surface area contributed by atoms with Crippen molar-refractivity contribution in [2.75, 3.05) is 7.05 Å². The number of hydrogen-bond acceptors (Lipinski definition) is 3. The summed E-state index contributed by atoms with van der Waals surface area (Å²) in [5.74, 6) is -0.337. The Hall–Kier alpha value is -2.24. The summed E-state index contributed by atoms with van der Waals surface area (Å²) in [5.41, 5.74) is 2.54. The first-order valence-electron chi connectivity index (χ1n) is 7.54. The molecule has 1 aromatic carbocycles. The van der Waals surface area contributed by atoms with Gasteiger partial charge in [0.05, 0.1) is 5.69 Å². The first kappa shape index (κ1) is 16.6. The van der Waals surface area contributed by atoms with Gasteiger partial charge in [-0.15, -0.1) is 0 Å². The van der Waals surface area contributed by atoms with Gasteiger partial charge in [-0.1, -0.05) is 23.7 Å². The molecule has 3 aromatic rings. The first-order chi connectivity index (χ1) is 11.4. The highest BCUT2D eigenvalue weighted by Crippen LogP contribution is 2.20. The molecule has 0 unspecified atom stereocenters. The number of nitrogens with zero attached hydrogens (tertiary/aromatic N) is 3. The number of hydrogen-bond donors (Lipinski definition) is 0. The number of pyridine rings is 1. The molecule has 0 spiro atoms. The van der Waals surface area contributed by atoms with Gasteiger partial charge in [0, 0.05) is 35.9 Å². The average Bonchev–Trinajstić information content (AvgIpc) is 2.52. The third-order valence-electron chi connectivity index (χ3n) is 3.78. The zero-order valence-electron chi connectivity index (χ0n) is 13.5. The summed E-state index contributed by atoms with van der Waals surface area (Å²) >= 11 is 6.06. The van der Waals surface area contributed by atoms with Crippen LogP contribution in [0.15, 0.2) is 47.4 Å². The minimum atomic E-state index is -0.337. The van der Waals surface area contributed by atoms with Crippen LogP contribution in [-0.4, -0.2) is 21.3 Å². The summed E-state index contributed by atoms with van der Waals surface area (Å²) in [4.78, 5) is 18.6. The van der Waals surface area contributed by atoms with Gasteiger partial charge in [0.15, 0.2) is 0 Å². The molecule has 0 saturated carbocycles. The van der Waals surface area contributed by atoms with Crippen LogP contribution in [0.1, 0.15) is 16.8 Å². The summed E-state index contributed by atoms with van der Waals surface area (Å²) in [6.45, 7) is 2.68. The molecule has 0 aliphatic rings. The van der Waals surface area contributed by atoms with Crippen LogP contribution in [0.5, 0.6) is 0 Å². The van der Waals surface area contributed by atoms with Crippen molar-refractivity contribution in [3.63, 3.8) is 0 Å². The van der Waals surface area contributed by atoms with Crippen LogP contribution >= 0.6 is 11.6 Å². The monoisotopic (exact) mass is 345 g/mol. The molecule has 24 heavy (non-hydrogen) atoms. The normalized spacial score (nSPS) is 11.4. The van der Waals surface area contributed by atoms with E-state index in [0.717, 1.165) is 5.56 Å². The summed E-state index contributed by atoms with van der Waals surface area (Å²) in [5, 5.41) is 0.392. The fraction of sp³-hybridized carbons (Fsp3) is 0.222. The number of halogens is 2. The van der Waals surface area contributed by atoms with E-state index in [1.165, 1.54) is 16.5 Å². The van der Waals surface area contributed by atoms with E-state index in [4.69, 9.17) is 11.6 Å². The van der Waals surface area contributed by atoms with Crippen LogP contribution in [0.4, 0.5) is 4.39 Å². The Balaban J connectivity index is 1.84. The van der Waals surface area contributed by atoms with E-state index in [1.54, 1.807) is 18.3 Å². The quantitative estimate of drug-likeness (QED) is 0.727. The summed E-state index contributed by atoms with van der Waals surface area (Å²) in [6, 6.07) is 9.86. The van der Waals surface area contributed by atoms with Crippen molar-refractivity contribution in [3.05, 3.63) is 80.6 Å². The lowest BCUT2D eigenvalue weighted by Gasteiger charge is -2.17. The molecule has 0 radical (unpaired) electrons. The van der Waals surface area contributed by atoms with Gasteiger partial charge in [0.1, 0.15) is 11.5 Å². The maximum Gasteiger partial charge on any atom is 0.258 e. The molecule has 4 nitrogen and oxygen atoms in total. The van der Waals surface area contributed by atoms with Gasteiger partial charge in [-0.3, -0.25) is 14.1 Å². The van der Waals surface area contributed by atoms with Gasteiger partial charge >= 0.3 is 0 Å². The van der Waals surface area contributed by atoms with E-state index in [-0.39, 0.29) is 11.4 Å². The molecule has 0 bridgehead atoms. The lowest BCUT2D eigenvalue weighted by atomic mass is 10.2. The van der Waals surface area contributed by atoms with E-state index in [9.17, 15) is 9.18 Å². The van der Waals surface area contributed by atoms with E-state index in [0.29, 0.717) is 35.0 Å². The highest BCUT2D eigenvalue weighted by Gasteiger charge is 2.11. The second-order valence-corrected chi connectivity index (χ2v) is 6.30. The van der Waals surface area contributed by atoms with Crippen molar-refractivity contribution in [3.8, 4) is 0 Å². The Morgan fingerprint density at radius 2 is 2.04 bits per heavy atom. The van der Waals surface area contributed by atoms with E-state index >= 15 is 0 Å². The second kappa shape index (κ2) is 6.71. The molecule has 124 valence electrons. The van der Waals surface area contributed by atoms with E-state index < -0.39 is 0 Å². The molecular formula is C18H17ClFN3O. The maximum absolute atomic E-state index is 13.9. The highest BCUT2D eigenvalue weighted by atomic mass is 35.5. The zero-order chi connectivity index (χ0) is 17.3. The smallest absolute Gasteiger partial charge is 0.258 e. The molecule has 0 aliphatic carbocycles. The summed E-state index contributed by atoms with van der Waals surface area (Å²) < 4.78 is 15.4. The van der Waals surface area contributed by atoms with Gasteiger partial charge in [-0.05, 0) is 37.7 Å². The molecule has 2 heterocycles. The van der Waals surface area contributed by atoms with Crippen molar-refractivity contribution >= 4 is 17.2 Å². The van der Waals surface area contributed by atoms with Gasteiger partial charge in [-0.25, -0.2) is 9.37 Å². The molecular weight excluding hydrogens is 329 g/mol. The van der Waals surface area contributed by atoms with Gasteiger partial charge < -0.3 is 0 Å². The standard InChI is InChI=1S/C18H17ClFN3O/c1-12-6-7-17-21-13(8-18(24)23(17)9-12)10-22(2)11-14-15(19)4-3-5-16(14)20/h3-9H,10-11H2,1-2H3. The van der Waals surface area contributed by atoms with Crippen LogP contribution in [0.2, 0.25) is 5.02 Å². The summed E-state index contributed by atoms with van der Waals surface area (Å²) in [6.07, 6.45) is 1.76. The summed E-state index contributed by atoms with van der Waals surface area (Å²) in [7, 11) is 1.83. The Morgan fingerprint density at radius 1 is 1.25 bits per heavy atom. The molecule has 0 saturated heterocycles. The number of aromatic nitrogens is 2. The topological polar surface area (TPSA) is 37.6 Å². The third kappa shape index (κ3) is 3.47. The Labute approximate surface area is 144 Å². The molecule has 0 fully saturated rings. The number of fused-ring (bicyclic) bond motifs is 1. The van der Waals surface area contributed by atoms with Crippen molar-refractivity contribution in [1.29, 1.82) is 0 Å². The van der Waals surface area contributed by atoms with Gasteiger partial charge in [-0.2, -0.15) is 0 Å². The van der Waals surface area contributed by atoms with Crippen LogP contribution < -0.4 is 5.56 Å². The molecule has 0 aliphatic heterocycles. The van der Waals surface area contributed by atoms with E-state index in [1.807, 2.05) is 31.0 Å². The van der Waals surface area contributed by atoms with Crippen molar-refractivity contribution in [2.24, 2.45) is 0 Å². The molecule has 2 aromatic heterocycles. The van der Waals surface area contributed by atoms with E-state index in [2.05, 4.69) is 4.98 Å². The van der Waals surface area contributed by atoms with Crippen LogP contribution in [0.3, 0.4) is 0 Å². The molecule has 0 amide bonds. The van der Waals surface area contributed by atoms with Gasteiger partial charge in [0.2, 0.25) is 0 Å². The van der Waals surface area contributed by atoms with Crippen molar-refractivity contribution < 1.29 is 4.39 Å². The molecule has 0 atom stereocenters. The van der Waals surface area contributed by atoms with Crippen LogP contribution in [0.25, 0.3) is 5.65 Å². The molecule has 0 N–H and O–H groups in total. The lowest BCUT2D eigenvalue weighted by molar-refractivity contribution is 0.310. The largest absolute Gasteiger partial charge is 0.296 e. The molecule has 3 rings (SSSR count). The third-order valence-corrected chi connectivity index (χ3v) is 4.14. The average molecular weight is 346 g/mol. The fourth-order valence-electron chi connectivity index (χ4n) is 2.62. The minimum absolute atomic E-state index is 0.129. The molecule has 6 heteroatoms. The first-order valence-corrected chi connectivity index (χ1v) is 7.92. The maximum atomic E-state index is 13.9. The lowest BCUT2D eigenvalue weighted by Crippen LogP contribution is -2.22. The Kier molecular flexibility index (Phi) is 4.64. The number of rotatable bonds is 4. The van der Waals surface area contributed by atoms with Gasteiger partial charge in [0.25, 0.3) is 5.56 Å². The predicted molar refractivity (Wildman–Crippen MR) is 92.8 cm³/mol. The minimum Gasteiger partial charge on any atom is -0.296 e. The van der Waals surface area contributed by atoms with Crippen molar-refractivity contribution in [2.45, 2.75) is 20.0 Å². The van der Waals surface area contributed by atoms with Crippen LogP contribution in [0, 0.1) is 12.7 Å². The number of benzene rings is 1. The Bertz CT molecular complexity index is 934. The Morgan fingerprint density at radius 3 is 2.79 bits per heavy atom. The van der Waals surface area contributed by atoms with Crippen molar-refractivity contribution in [1.82, 2.24) is 14.3 Å².